The Balaban J connectivity index is 1.94. The van der Waals surface area contributed by atoms with Crippen LogP contribution in [0.4, 0.5) is 0 Å². The van der Waals surface area contributed by atoms with Gasteiger partial charge in [-0.3, -0.25) is 0 Å². The lowest BCUT2D eigenvalue weighted by Crippen LogP contribution is -2.05. The van der Waals surface area contributed by atoms with Crippen molar-refractivity contribution in [1.29, 1.82) is 0 Å². The SMILES string of the molecule is OCCn1nnc(-c2ccccc2Cc2cc(Cl)c(Cl)c(Cl)c2)n1. The summed E-state index contributed by atoms with van der Waals surface area (Å²) < 4.78 is 0. The van der Waals surface area contributed by atoms with Gasteiger partial charge in [0.25, 0.3) is 0 Å². The summed E-state index contributed by atoms with van der Waals surface area (Å²) in [6, 6.07) is 11.3. The van der Waals surface area contributed by atoms with Crippen LogP contribution in [-0.4, -0.2) is 31.9 Å². The Morgan fingerprint density at radius 1 is 1.04 bits per heavy atom. The maximum absolute atomic E-state index is 8.96. The quantitative estimate of drug-likeness (QED) is 0.679. The molecule has 0 aliphatic heterocycles. The van der Waals surface area contributed by atoms with E-state index in [2.05, 4.69) is 15.4 Å². The topological polar surface area (TPSA) is 63.8 Å². The monoisotopic (exact) mass is 382 g/mol. The molecule has 0 aliphatic rings. The fourth-order valence-corrected chi connectivity index (χ4v) is 3.00. The standard InChI is InChI=1S/C16H13Cl3N4O/c17-13-8-10(9-14(18)15(13)19)7-11-3-1-2-4-12(11)16-20-22-23(21-16)5-6-24/h1-4,8-9,24H,5-7H2. The molecule has 0 fully saturated rings. The third-order valence-corrected chi connectivity index (χ3v) is 4.65. The smallest absolute Gasteiger partial charge is 0.205 e. The Labute approximate surface area is 153 Å². The highest BCUT2D eigenvalue weighted by Gasteiger charge is 2.13. The molecule has 0 saturated carbocycles. The molecule has 1 aromatic heterocycles. The Bertz CT molecular complexity index is 843. The lowest BCUT2D eigenvalue weighted by Gasteiger charge is -2.09. The second kappa shape index (κ2) is 7.49. The number of aromatic nitrogens is 4. The normalized spacial score (nSPS) is 11.0. The number of benzene rings is 2. The van der Waals surface area contributed by atoms with Crippen LogP contribution in [0.25, 0.3) is 11.4 Å². The van der Waals surface area contributed by atoms with Gasteiger partial charge < -0.3 is 5.11 Å². The maximum atomic E-state index is 8.96. The number of aliphatic hydroxyl groups is 1. The van der Waals surface area contributed by atoms with Gasteiger partial charge in [-0.05, 0) is 34.9 Å². The van der Waals surface area contributed by atoms with E-state index in [1.807, 2.05) is 24.3 Å². The molecule has 0 bridgehead atoms. The summed E-state index contributed by atoms with van der Waals surface area (Å²) in [6.07, 6.45) is 0.599. The summed E-state index contributed by atoms with van der Waals surface area (Å²) in [5.41, 5.74) is 2.81. The van der Waals surface area contributed by atoms with Crippen molar-refractivity contribution in [3.8, 4) is 11.4 Å². The highest BCUT2D eigenvalue weighted by atomic mass is 35.5. The van der Waals surface area contributed by atoms with Gasteiger partial charge >= 0.3 is 0 Å². The van der Waals surface area contributed by atoms with Crippen LogP contribution in [-0.2, 0) is 13.0 Å². The molecule has 8 heteroatoms. The van der Waals surface area contributed by atoms with E-state index in [9.17, 15) is 0 Å². The molecular formula is C16H13Cl3N4O. The van der Waals surface area contributed by atoms with Crippen molar-refractivity contribution in [3.05, 3.63) is 62.6 Å². The molecule has 24 heavy (non-hydrogen) atoms. The second-order valence-electron chi connectivity index (χ2n) is 5.14. The highest BCUT2D eigenvalue weighted by molar-refractivity contribution is 6.48. The molecule has 0 radical (unpaired) electrons. The van der Waals surface area contributed by atoms with Crippen LogP contribution in [0.5, 0.6) is 0 Å². The molecule has 3 rings (SSSR count). The Morgan fingerprint density at radius 3 is 2.46 bits per heavy atom. The fourth-order valence-electron chi connectivity index (χ4n) is 2.36. The van der Waals surface area contributed by atoms with Gasteiger partial charge in [0.15, 0.2) is 0 Å². The van der Waals surface area contributed by atoms with Crippen LogP contribution in [0, 0.1) is 0 Å². The summed E-state index contributed by atoms with van der Waals surface area (Å²) >= 11 is 18.2. The lowest BCUT2D eigenvalue weighted by atomic mass is 9.99. The molecule has 0 aliphatic carbocycles. The minimum atomic E-state index is -0.0424. The Morgan fingerprint density at radius 2 is 1.75 bits per heavy atom. The molecule has 0 amide bonds. The van der Waals surface area contributed by atoms with Crippen molar-refractivity contribution < 1.29 is 5.11 Å². The van der Waals surface area contributed by atoms with Gasteiger partial charge in [0, 0.05) is 5.56 Å². The number of tetrazole rings is 1. The first-order chi connectivity index (χ1) is 11.6. The zero-order valence-corrected chi connectivity index (χ0v) is 14.7. The number of aliphatic hydroxyl groups excluding tert-OH is 1. The van der Waals surface area contributed by atoms with E-state index < -0.39 is 0 Å². The van der Waals surface area contributed by atoms with Crippen molar-refractivity contribution in [2.75, 3.05) is 6.61 Å². The van der Waals surface area contributed by atoms with Gasteiger partial charge in [-0.25, -0.2) is 0 Å². The molecule has 0 saturated heterocycles. The van der Waals surface area contributed by atoms with Crippen molar-refractivity contribution in [3.63, 3.8) is 0 Å². The molecule has 0 unspecified atom stereocenters. The number of rotatable bonds is 5. The Kier molecular flexibility index (Phi) is 5.36. The van der Waals surface area contributed by atoms with Crippen LogP contribution in [0.2, 0.25) is 15.1 Å². The van der Waals surface area contributed by atoms with E-state index in [0.717, 1.165) is 16.7 Å². The van der Waals surface area contributed by atoms with Crippen LogP contribution < -0.4 is 0 Å². The lowest BCUT2D eigenvalue weighted by molar-refractivity contribution is 0.259. The predicted molar refractivity (Wildman–Crippen MR) is 94.6 cm³/mol. The van der Waals surface area contributed by atoms with Gasteiger partial charge in [0.05, 0.1) is 28.2 Å². The van der Waals surface area contributed by atoms with E-state index in [4.69, 9.17) is 39.9 Å². The first-order valence-corrected chi connectivity index (χ1v) is 8.32. The minimum Gasteiger partial charge on any atom is -0.394 e. The molecule has 1 heterocycles. The second-order valence-corrected chi connectivity index (χ2v) is 6.33. The van der Waals surface area contributed by atoms with Crippen LogP contribution >= 0.6 is 34.8 Å². The zero-order chi connectivity index (χ0) is 17.1. The Hall–Kier alpha value is -1.66. The molecule has 2 aromatic carbocycles. The van der Waals surface area contributed by atoms with E-state index >= 15 is 0 Å². The number of hydrogen-bond donors (Lipinski definition) is 1. The van der Waals surface area contributed by atoms with E-state index in [0.29, 0.717) is 33.9 Å². The van der Waals surface area contributed by atoms with Crippen LogP contribution in [0.1, 0.15) is 11.1 Å². The number of hydrogen-bond acceptors (Lipinski definition) is 4. The molecule has 0 spiro atoms. The molecule has 124 valence electrons. The van der Waals surface area contributed by atoms with Crippen LogP contribution in [0.15, 0.2) is 36.4 Å². The average molecular weight is 384 g/mol. The van der Waals surface area contributed by atoms with Gasteiger partial charge in [-0.15, -0.1) is 10.2 Å². The minimum absolute atomic E-state index is 0.0424. The molecule has 5 nitrogen and oxygen atoms in total. The van der Waals surface area contributed by atoms with E-state index in [1.54, 1.807) is 12.1 Å². The first-order valence-electron chi connectivity index (χ1n) is 7.19. The van der Waals surface area contributed by atoms with Crippen molar-refractivity contribution in [2.45, 2.75) is 13.0 Å². The molecule has 3 aromatic rings. The van der Waals surface area contributed by atoms with E-state index in [1.165, 1.54) is 4.80 Å². The summed E-state index contributed by atoms with van der Waals surface area (Å²) in [6.45, 7) is 0.261. The summed E-state index contributed by atoms with van der Waals surface area (Å²) in [7, 11) is 0. The fraction of sp³-hybridized carbons (Fsp3) is 0.188. The molecular weight excluding hydrogens is 371 g/mol. The summed E-state index contributed by atoms with van der Waals surface area (Å²) in [4.78, 5) is 1.36. The predicted octanol–water partition coefficient (Wildman–Crippen LogP) is 3.88. The first kappa shape index (κ1) is 17.2. The van der Waals surface area contributed by atoms with Crippen molar-refractivity contribution in [1.82, 2.24) is 20.2 Å². The third kappa shape index (κ3) is 3.70. The zero-order valence-electron chi connectivity index (χ0n) is 12.5. The molecule has 1 N–H and O–H groups in total. The molecule has 0 atom stereocenters. The number of nitrogens with zero attached hydrogens (tertiary/aromatic N) is 4. The van der Waals surface area contributed by atoms with Gasteiger partial charge in [-0.1, -0.05) is 59.1 Å². The van der Waals surface area contributed by atoms with Crippen LogP contribution in [0.3, 0.4) is 0 Å². The van der Waals surface area contributed by atoms with Crippen molar-refractivity contribution >= 4 is 34.8 Å². The highest BCUT2D eigenvalue weighted by Crippen LogP contribution is 2.32. The van der Waals surface area contributed by atoms with Crippen molar-refractivity contribution in [2.24, 2.45) is 0 Å². The van der Waals surface area contributed by atoms with Gasteiger partial charge in [0.2, 0.25) is 5.82 Å². The summed E-state index contributed by atoms with van der Waals surface area (Å²) in [5.74, 6) is 0.505. The third-order valence-electron chi connectivity index (χ3n) is 3.45. The summed E-state index contributed by atoms with van der Waals surface area (Å²) in [5, 5.41) is 22.4. The largest absolute Gasteiger partial charge is 0.394 e. The van der Waals surface area contributed by atoms with E-state index in [-0.39, 0.29) is 6.61 Å². The van der Waals surface area contributed by atoms with Gasteiger partial charge in [-0.2, -0.15) is 4.80 Å². The average Bonchev–Trinajstić information content (AvgIpc) is 3.02. The number of halogens is 3. The maximum Gasteiger partial charge on any atom is 0.205 e. The van der Waals surface area contributed by atoms with Gasteiger partial charge in [0.1, 0.15) is 0 Å².